The number of likely N-dealkylation sites (tertiary alicyclic amines) is 1. The Morgan fingerprint density at radius 1 is 1.21 bits per heavy atom. The first-order valence-electron chi connectivity index (χ1n) is 6.13. The van der Waals surface area contributed by atoms with Crippen molar-refractivity contribution in [2.45, 2.75) is 51.0 Å². The summed E-state index contributed by atoms with van der Waals surface area (Å²) in [7, 11) is 0. The van der Waals surface area contributed by atoms with Crippen LogP contribution in [0.1, 0.15) is 45.4 Å². The maximum Gasteiger partial charge on any atom is 0.0615 e. The maximum absolute atomic E-state index is 9.65. The smallest absolute Gasteiger partial charge is 0.0615 e. The third-order valence-corrected chi connectivity index (χ3v) is 4.28. The normalized spacial score (nSPS) is 40.3. The molecule has 82 valence electrons. The highest BCUT2D eigenvalue weighted by atomic mass is 16.3. The summed E-state index contributed by atoms with van der Waals surface area (Å²) < 4.78 is 0. The minimum absolute atomic E-state index is 0.170. The van der Waals surface area contributed by atoms with Gasteiger partial charge < -0.3 is 5.11 Å². The fraction of sp³-hybridized carbons (Fsp3) is 1.00. The second kappa shape index (κ2) is 4.19. The number of hydrogen-bond acceptors (Lipinski definition) is 2. The Bertz CT molecular complexity index is 179. The van der Waals surface area contributed by atoms with Crippen molar-refractivity contribution in [3.05, 3.63) is 0 Å². The third kappa shape index (κ3) is 1.82. The molecule has 0 spiro atoms. The van der Waals surface area contributed by atoms with Crippen LogP contribution >= 0.6 is 0 Å². The Hall–Kier alpha value is -0.0800. The van der Waals surface area contributed by atoms with Crippen molar-refractivity contribution >= 4 is 0 Å². The Kier molecular flexibility index (Phi) is 3.13. The first kappa shape index (κ1) is 10.4. The quantitative estimate of drug-likeness (QED) is 0.732. The van der Waals surface area contributed by atoms with Gasteiger partial charge in [-0.1, -0.05) is 6.92 Å². The second-order valence-electron chi connectivity index (χ2n) is 5.26. The summed E-state index contributed by atoms with van der Waals surface area (Å²) in [5.74, 6) is 0.872. The van der Waals surface area contributed by atoms with Gasteiger partial charge in [-0.15, -0.1) is 0 Å². The van der Waals surface area contributed by atoms with Gasteiger partial charge in [0.15, 0.2) is 0 Å². The standard InChI is InChI=1S/C12H23NO/c1-11-4-6-12(10-14,7-5-11)13-8-2-3-9-13/h11,14H,2-10H2,1H3. The zero-order valence-electron chi connectivity index (χ0n) is 9.34. The highest BCUT2D eigenvalue weighted by molar-refractivity contribution is 4.95. The second-order valence-corrected chi connectivity index (χ2v) is 5.26. The van der Waals surface area contributed by atoms with Gasteiger partial charge in [0.25, 0.3) is 0 Å². The molecule has 0 aromatic rings. The van der Waals surface area contributed by atoms with Crippen molar-refractivity contribution in [1.29, 1.82) is 0 Å². The SMILES string of the molecule is CC1CCC(CO)(N2CCCC2)CC1. The third-order valence-electron chi connectivity index (χ3n) is 4.28. The lowest BCUT2D eigenvalue weighted by Gasteiger charge is -2.45. The molecule has 1 saturated heterocycles. The lowest BCUT2D eigenvalue weighted by atomic mass is 9.76. The lowest BCUT2D eigenvalue weighted by Crippen LogP contribution is -2.52. The molecule has 0 amide bonds. The van der Waals surface area contributed by atoms with E-state index >= 15 is 0 Å². The zero-order valence-corrected chi connectivity index (χ0v) is 9.34. The van der Waals surface area contributed by atoms with Gasteiger partial charge >= 0.3 is 0 Å². The molecule has 0 aromatic carbocycles. The molecule has 2 rings (SSSR count). The van der Waals surface area contributed by atoms with Crippen molar-refractivity contribution in [2.75, 3.05) is 19.7 Å². The zero-order chi connectivity index (χ0) is 10.0. The van der Waals surface area contributed by atoms with E-state index in [1.807, 2.05) is 0 Å². The van der Waals surface area contributed by atoms with Crippen LogP contribution in [-0.4, -0.2) is 35.2 Å². The summed E-state index contributed by atoms with van der Waals surface area (Å²) in [5, 5.41) is 9.65. The van der Waals surface area contributed by atoms with E-state index < -0.39 is 0 Å². The van der Waals surface area contributed by atoms with Crippen LogP contribution in [0.15, 0.2) is 0 Å². The van der Waals surface area contributed by atoms with E-state index in [9.17, 15) is 5.11 Å². The van der Waals surface area contributed by atoms with Gasteiger partial charge in [0.2, 0.25) is 0 Å². The summed E-state index contributed by atoms with van der Waals surface area (Å²) in [5.41, 5.74) is 0.170. The minimum Gasteiger partial charge on any atom is -0.394 e. The average molecular weight is 197 g/mol. The van der Waals surface area contributed by atoms with E-state index in [1.165, 1.54) is 51.6 Å². The fourth-order valence-corrected chi connectivity index (χ4v) is 3.07. The van der Waals surface area contributed by atoms with Gasteiger partial charge in [0, 0.05) is 5.54 Å². The largest absolute Gasteiger partial charge is 0.394 e. The number of hydrogen-bond donors (Lipinski definition) is 1. The molecule has 2 heteroatoms. The van der Waals surface area contributed by atoms with Crippen molar-refractivity contribution in [3.8, 4) is 0 Å². The highest BCUT2D eigenvalue weighted by Gasteiger charge is 2.39. The van der Waals surface area contributed by atoms with Gasteiger partial charge in [0.1, 0.15) is 0 Å². The molecule has 0 bridgehead atoms. The monoisotopic (exact) mass is 197 g/mol. The molecule has 0 atom stereocenters. The van der Waals surface area contributed by atoms with E-state index in [-0.39, 0.29) is 5.54 Å². The van der Waals surface area contributed by atoms with E-state index in [2.05, 4.69) is 11.8 Å². The van der Waals surface area contributed by atoms with Crippen LogP contribution < -0.4 is 0 Å². The molecule has 1 saturated carbocycles. The Balaban J connectivity index is 2.01. The van der Waals surface area contributed by atoms with Crippen LogP contribution in [0, 0.1) is 5.92 Å². The molecule has 0 unspecified atom stereocenters. The molecule has 14 heavy (non-hydrogen) atoms. The molecule has 1 aliphatic heterocycles. The molecule has 0 radical (unpaired) electrons. The lowest BCUT2D eigenvalue weighted by molar-refractivity contribution is 0.00693. The summed E-state index contributed by atoms with van der Waals surface area (Å²) in [6.45, 7) is 5.15. The van der Waals surface area contributed by atoms with E-state index in [0.29, 0.717) is 6.61 Å². The number of aliphatic hydroxyl groups excluding tert-OH is 1. The van der Waals surface area contributed by atoms with Gasteiger partial charge in [-0.2, -0.15) is 0 Å². The van der Waals surface area contributed by atoms with E-state index in [4.69, 9.17) is 0 Å². The van der Waals surface area contributed by atoms with Crippen LogP contribution in [-0.2, 0) is 0 Å². The molecule has 2 fully saturated rings. The van der Waals surface area contributed by atoms with Crippen molar-refractivity contribution in [1.82, 2.24) is 4.90 Å². The number of rotatable bonds is 2. The average Bonchev–Trinajstić information content (AvgIpc) is 2.73. The topological polar surface area (TPSA) is 23.5 Å². The van der Waals surface area contributed by atoms with Gasteiger partial charge in [-0.05, 0) is 57.5 Å². The predicted octanol–water partition coefficient (Wildman–Crippen LogP) is 2.02. The van der Waals surface area contributed by atoms with Gasteiger partial charge in [-0.25, -0.2) is 0 Å². The van der Waals surface area contributed by atoms with Crippen molar-refractivity contribution in [3.63, 3.8) is 0 Å². The van der Waals surface area contributed by atoms with Crippen LogP contribution in [0.4, 0.5) is 0 Å². The summed E-state index contributed by atoms with van der Waals surface area (Å²) in [4.78, 5) is 2.55. The van der Waals surface area contributed by atoms with Crippen molar-refractivity contribution in [2.24, 2.45) is 5.92 Å². The highest BCUT2D eigenvalue weighted by Crippen LogP contribution is 2.37. The van der Waals surface area contributed by atoms with Crippen LogP contribution in [0.25, 0.3) is 0 Å². The first-order valence-corrected chi connectivity index (χ1v) is 6.13. The van der Waals surface area contributed by atoms with Gasteiger partial charge in [0.05, 0.1) is 6.61 Å². The molecule has 1 heterocycles. The minimum atomic E-state index is 0.170. The molecule has 1 aliphatic carbocycles. The Morgan fingerprint density at radius 3 is 2.29 bits per heavy atom. The fourth-order valence-electron chi connectivity index (χ4n) is 3.07. The van der Waals surface area contributed by atoms with E-state index in [1.54, 1.807) is 0 Å². The molecule has 2 nitrogen and oxygen atoms in total. The molecular formula is C12H23NO. The number of nitrogens with zero attached hydrogens (tertiary/aromatic N) is 1. The van der Waals surface area contributed by atoms with Crippen LogP contribution in [0.5, 0.6) is 0 Å². The summed E-state index contributed by atoms with van der Waals surface area (Å²) in [6, 6.07) is 0. The number of aliphatic hydroxyl groups is 1. The molecule has 1 N–H and O–H groups in total. The molecule has 2 aliphatic rings. The Morgan fingerprint density at radius 2 is 1.79 bits per heavy atom. The van der Waals surface area contributed by atoms with Gasteiger partial charge in [-0.3, -0.25) is 4.90 Å². The molecule has 0 aromatic heterocycles. The molecular weight excluding hydrogens is 174 g/mol. The van der Waals surface area contributed by atoms with Crippen molar-refractivity contribution < 1.29 is 5.11 Å². The van der Waals surface area contributed by atoms with E-state index in [0.717, 1.165) is 5.92 Å². The first-order chi connectivity index (χ1) is 6.77. The maximum atomic E-state index is 9.65. The Labute approximate surface area is 87.3 Å². The summed E-state index contributed by atoms with van der Waals surface area (Å²) >= 11 is 0. The predicted molar refractivity (Wildman–Crippen MR) is 58.3 cm³/mol. The summed E-state index contributed by atoms with van der Waals surface area (Å²) in [6.07, 6.45) is 7.69. The van der Waals surface area contributed by atoms with Crippen LogP contribution in [0.2, 0.25) is 0 Å². The van der Waals surface area contributed by atoms with Crippen LogP contribution in [0.3, 0.4) is 0 Å².